The second kappa shape index (κ2) is 6.11. The van der Waals surface area contributed by atoms with Crippen LogP contribution in [-0.2, 0) is 6.42 Å². The Morgan fingerprint density at radius 3 is 2.75 bits per heavy atom. The molecule has 3 rings (SSSR count). The molecule has 1 aromatic rings. The van der Waals surface area contributed by atoms with Gasteiger partial charge in [-0.25, -0.2) is 0 Å². The lowest BCUT2D eigenvalue weighted by Gasteiger charge is -2.54. The first kappa shape index (κ1) is 17.3. The van der Waals surface area contributed by atoms with Gasteiger partial charge in [0.05, 0.1) is 5.54 Å². The van der Waals surface area contributed by atoms with Gasteiger partial charge < -0.3 is 15.6 Å². The smallest absolute Gasteiger partial charge is 0.128 e. The van der Waals surface area contributed by atoms with Crippen molar-refractivity contribution in [3.8, 4) is 11.5 Å². The summed E-state index contributed by atoms with van der Waals surface area (Å²) in [7, 11) is 0. The van der Waals surface area contributed by atoms with Crippen LogP contribution in [-0.4, -0.2) is 16.2 Å². The van der Waals surface area contributed by atoms with Crippen LogP contribution in [0.3, 0.4) is 0 Å². The Morgan fingerprint density at radius 1 is 1.29 bits per heavy atom. The number of allylic oxidation sites excluding steroid dienone is 1. The average Bonchev–Trinajstić information content (AvgIpc) is 2.49. The Kier molecular flexibility index (Phi) is 4.41. The molecule has 0 saturated carbocycles. The standard InChI is InChI=1S/C21H31NO2/c1-5-6-7-8-15-12-17(23)19-16-11-14(2)9-10-21(16,22)20(3,4)24-18(19)13-15/h11-13,16,23H,5-10,22H2,1-4H3/t16?,21-/m0/s1. The van der Waals surface area contributed by atoms with E-state index in [4.69, 9.17) is 10.5 Å². The van der Waals surface area contributed by atoms with Crippen LogP contribution in [0.1, 0.15) is 76.8 Å². The average molecular weight is 329 g/mol. The number of aromatic hydroxyl groups is 1. The number of aryl methyl sites for hydroxylation is 1. The summed E-state index contributed by atoms with van der Waals surface area (Å²) in [6, 6.07) is 4.03. The molecule has 1 aliphatic carbocycles. The largest absolute Gasteiger partial charge is 0.507 e. The molecule has 2 atom stereocenters. The van der Waals surface area contributed by atoms with Gasteiger partial charge in [-0.2, -0.15) is 0 Å². The number of hydrogen-bond donors (Lipinski definition) is 2. The van der Waals surface area contributed by atoms with Crippen molar-refractivity contribution in [1.82, 2.24) is 0 Å². The molecule has 0 fully saturated rings. The molecule has 0 amide bonds. The fourth-order valence-electron chi connectivity index (χ4n) is 4.25. The second-order valence-corrected chi connectivity index (χ2v) is 8.13. The summed E-state index contributed by atoms with van der Waals surface area (Å²) >= 11 is 0. The molecule has 3 N–H and O–H groups in total. The fraction of sp³-hybridized carbons (Fsp3) is 0.619. The predicted octanol–water partition coefficient (Wildman–Crippen LogP) is 4.82. The second-order valence-electron chi connectivity index (χ2n) is 8.13. The SMILES string of the molecule is CCCCCc1cc(O)c2c(c1)OC(C)(C)[C@]1(N)CCC(C)=CC21. The number of phenolic OH excluding ortho intramolecular Hbond substituents is 1. The van der Waals surface area contributed by atoms with Crippen LogP contribution < -0.4 is 10.5 Å². The number of nitrogens with two attached hydrogens (primary N) is 1. The Bertz CT molecular complexity index is 662. The Labute approximate surface area is 145 Å². The Balaban J connectivity index is 2.05. The summed E-state index contributed by atoms with van der Waals surface area (Å²) in [4.78, 5) is 0. The highest BCUT2D eigenvalue weighted by molar-refractivity contribution is 5.56. The summed E-state index contributed by atoms with van der Waals surface area (Å²) in [5, 5.41) is 10.7. The lowest BCUT2D eigenvalue weighted by Crippen LogP contribution is -2.66. The molecular weight excluding hydrogens is 298 g/mol. The number of benzene rings is 1. The van der Waals surface area contributed by atoms with E-state index in [1.165, 1.54) is 18.4 Å². The molecule has 0 spiro atoms. The molecule has 1 aromatic carbocycles. The van der Waals surface area contributed by atoms with Crippen LogP contribution in [0.5, 0.6) is 11.5 Å². The number of phenols is 1. The van der Waals surface area contributed by atoms with E-state index in [1.54, 1.807) is 0 Å². The first-order valence-corrected chi connectivity index (χ1v) is 9.29. The van der Waals surface area contributed by atoms with Gasteiger partial charge in [-0.05, 0) is 64.2 Å². The zero-order valence-electron chi connectivity index (χ0n) is 15.5. The molecule has 24 heavy (non-hydrogen) atoms. The fourth-order valence-corrected chi connectivity index (χ4v) is 4.25. The molecule has 0 saturated heterocycles. The zero-order chi connectivity index (χ0) is 17.5. The third-order valence-corrected chi connectivity index (χ3v) is 5.99. The summed E-state index contributed by atoms with van der Waals surface area (Å²) < 4.78 is 6.34. The third-order valence-electron chi connectivity index (χ3n) is 5.99. The first-order chi connectivity index (χ1) is 11.3. The van der Waals surface area contributed by atoms with Crippen molar-refractivity contribution < 1.29 is 9.84 Å². The summed E-state index contributed by atoms with van der Waals surface area (Å²) in [5.74, 6) is 1.15. The monoisotopic (exact) mass is 329 g/mol. The molecule has 2 aliphatic rings. The van der Waals surface area contributed by atoms with E-state index in [0.29, 0.717) is 5.75 Å². The van der Waals surface area contributed by atoms with Crippen LogP contribution in [0.4, 0.5) is 0 Å². The molecule has 0 bridgehead atoms. The molecule has 3 nitrogen and oxygen atoms in total. The van der Waals surface area contributed by atoms with Gasteiger partial charge in [0.15, 0.2) is 0 Å². The molecule has 132 valence electrons. The van der Waals surface area contributed by atoms with Crippen molar-refractivity contribution in [2.75, 3.05) is 0 Å². The molecule has 1 unspecified atom stereocenters. The lowest BCUT2D eigenvalue weighted by atomic mass is 9.62. The summed E-state index contributed by atoms with van der Waals surface area (Å²) in [6.45, 7) is 8.52. The maximum atomic E-state index is 10.7. The molecule has 1 aliphatic heterocycles. The van der Waals surface area contributed by atoms with Crippen LogP contribution >= 0.6 is 0 Å². The van der Waals surface area contributed by atoms with E-state index in [1.807, 2.05) is 6.07 Å². The highest BCUT2D eigenvalue weighted by Crippen LogP contribution is 2.54. The van der Waals surface area contributed by atoms with E-state index < -0.39 is 11.1 Å². The molecule has 3 heteroatoms. The molecular formula is C21H31NO2. The van der Waals surface area contributed by atoms with E-state index in [9.17, 15) is 5.11 Å². The molecule has 1 heterocycles. The molecule has 0 radical (unpaired) electrons. The lowest BCUT2D eigenvalue weighted by molar-refractivity contribution is -0.0113. The van der Waals surface area contributed by atoms with Gasteiger partial charge >= 0.3 is 0 Å². The number of rotatable bonds is 4. The minimum atomic E-state index is -0.485. The van der Waals surface area contributed by atoms with Crippen LogP contribution in [0.25, 0.3) is 0 Å². The van der Waals surface area contributed by atoms with Gasteiger partial charge in [0.2, 0.25) is 0 Å². The van der Waals surface area contributed by atoms with E-state index in [2.05, 4.69) is 39.8 Å². The van der Waals surface area contributed by atoms with Crippen LogP contribution in [0.2, 0.25) is 0 Å². The minimum Gasteiger partial charge on any atom is -0.507 e. The maximum Gasteiger partial charge on any atom is 0.128 e. The zero-order valence-corrected chi connectivity index (χ0v) is 15.5. The highest BCUT2D eigenvalue weighted by atomic mass is 16.5. The Morgan fingerprint density at radius 2 is 2.04 bits per heavy atom. The van der Waals surface area contributed by atoms with Crippen LogP contribution in [0, 0.1) is 0 Å². The van der Waals surface area contributed by atoms with Crippen molar-refractivity contribution in [2.24, 2.45) is 5.73 Å². The number of hydrogen-bond acceptors (Lipinski definition) is 3. The molecule has 0 aromatic heterocycles. The van der Waals surface area contributed by atoms with Gasteiger partial charge in [-0.15, -0.1) is 0 Å². The van der Waals surface area contributed by atoms with Gasteiger partial charge in [-0.1, -0.05) is 31.4 Å². The first-order valence-electron chi connectivity index (χ1n) is 9.29. The van der Waals surface area contributed by atoms with E-state index in [0.717, 1.165) is 42.6 Å². The number of ether oxygens (including phenoxy) is 1. The van der Waals surface area contributed by atoms with Gasteiger partial charge in [0.25, 0.3) is 0 Å². The number of fused-ring (bicyclic) bond motifs is 3. The predicted molar refractivity (Wildman–Crippen MR) is 98.7 cm³/mol. The van der Waals surface area contributed by atoms with Crippen molar-refractivity contribution in [2.45, 2.75) is 83.3 Å². The van der Waals surface area contributed by atoms with Gasteiger partial charge in [0, 0.05) is 11.5 Å². The van der Waals surface area contributed by atoms with Gasteiger partial charge in [0.1, 0.15) is 17.1 Å². The summed E-state index contributed by atoms with van der Waals surface area (Å²) in [6.07, 6.45) is 8.63. The van der Waals surface area contributed by atoms with Gasteiger partial charge in [-0.3, -0.25) is 0 Å². The minimum absolute atomic E-state index is 0.00897. The summed E-state index contributed by atoms with van der Waals surface area (Å²) in [5.41, 5.74) is 9.26. The van der Waals surface area contributed by atoms with Crippen molar-refractivity contribution in [3.05, 3.63) is 34.9 Å². The third kappa shape index (κ3) is 2.73. The highest BCUT2D eigenvalue weighted by Gasteiger charge is 2.55. The topological polar surface area (TPSA) is 55.5 Å². The normalized spacial score (nSPS) is 27.7. The van der Waals surface area contributed by atoms with Crippen molar-refractivity contribution in [3.63, 3.8) is 0 Å². The van der Waals surface area contributed by atoms with E-state index >= 15 is 0 Å². The van der Waals surface area contributed by atoms with Crippen molar-refractivity contribution >= 4 is 0 Å². The quantitative estimate of drug-likeness (QED) is 0.615. The number of unbranched alkanes of at least 4 members (excludes halogenated alkanes) is 2. The van der Waals surface area contributed by atoms with Crippen molar-refractivity contribution in [1.29, 1.82) is 0 Å². The Hall–Kier alpha value is -1.48. The van der Waals surface area contributed by atoms with Crippen LogP contribution in [0.15, 0.2) is 23.8 Å². The maximum absolute atomic E-state index is 10.7. The van der Waals surface area contributed by atoms with E-state index in [-0.39, 0.29) is 5.92 Å².